The predicted molar refractivity (Wildman–Crippen MR) is 135 cm³/mol. The van der Waals surface area contributed by atoms with E-state index in [1.807, 2.05) is 0 Å². The van der Waals surface area contributed by atoms with Crippen LogP contribution < -0.4 is 4.90 Å². The molecule has 2 aromatic carbocycles. The summed E-state index contributed by atoms with van der Waals surface area (Å²) in [5, 5.41) is 9.46. The van der Waals surface area contributed by atoms with E-state index >= 15 is 0 Å². The minimum atomic E-state index is -0.0711. The fraction of sp³-hybridized carbons (Fsp3) is 0.414. The lowest BCUT2D eigenvalue weighted by Gasteiger charge is -2.26. The standard InChI is InChI=1S/C29H37N2O/c1-6-19-30-24-15-9-7-13-22(24)28(2,3)26(30)17-11-18-27-29(4,5)23-14-8-10-16-25(23)31(27)20-12-21-32/h7-11,13-18,32H,6,12,19-21H2,1-5H3/q+1. The summed E-state index contributed by atoms with van der Waals surface area (Å²) in [6, 6.07) is 17.5. The first-order chi connectivity index (χ1) is 15.3. The van der Waals surface area contributed by atoms with Gasteiger partial charge in [0.2, 0.25) is 5.69 Å². The molecule has 168 valence electrons. The molecule has 3 nitrogen and oxygen atoms in total. The average molecular weight is 430 g/mol. The Morgan fingerprint density at radius 2 is 1.62 bits per heavy atom. The first kappa shape index (κ1) is 22.5. The molecular formula is C29H37N2O+. The molecule has 0 unspecified atom stereocenters. The summed E-state index contributed by atoms with van der Waals surface area (Å²) in [7, 11) is 0. The third-order valence-electron chi connectivity index (χ3n) is 7.09. The van der Waals surface area contributed by atoms with Crippen molar-refractivity contribution < 1.29 is 9.68 Å². The van der Waals surface area contributed by atoms with Crippen molar-refractivity contribution in [3.05, 3.63) is 83.6 Å². The minimum Gasteiger partial charge on any atom is -0.396 e. The Balaban J connectivity index is 1.74. The van der Waals surface area contributed by atoms with Crippen molar-refractivity contribution in [2.75, 3.05) is 24.6 Å². The summed E-state index contributed by atoms with van der Waals surface area (Å²) >= 11 is 0. The fourth-order valence-corrected chi connectivity index (χ4v) is 5.45. The van der Waals surface area contributed by atoms with E-state index in [2.05, 4.69) is 111 Å². The van der Waals surface area contributed by atoms with Gasteiger partial charge in [-0.2, -0.15) is 4.58 Å². The van der Waals surface area contributed by atoms with E-state index in [4.69, 9.17) is 0 Å². The molecule has 0 atom stereocenters. The number of hydrogen-bond donors (Lipinski definition) is 1. The van der Waals surface area contributed by atoms with Gasteiger partial charge in [0.15, 0.2) is 5.71 Å². The van der Waals surface area contributed by atoms with Gasteiger partial charge in [0.25, 0.3) is 0 Å². The number of rotatable bonds is 7. The van der Waals surface area contributed by atoms with E-state index in [0.717, 1.165) is 25.9 Å². The number of benzene rings is 2. The van der Waals surface area contributed by atoms with Gasteiger partial charge in [-0.05, 0) is 38.0 Å². The van der Waals surface area contributed by atoms with Gasteiger partial charge in [0.1, 0.15) is 6.54 Å². The van der Waals surface area contributed by atoms with Crippen LogP contribution in [0.15, 0.2) is 72.5 Å². The molecule has 0 amide bonds. The van der Waals surface area contributed by atoms with Crippen LogP contribution >= 0.6 is 0 Å². The molecule has 0 saturated heterocycles. The van der Waals surface area contributed by atoms with Crippen LogP contribution in [-0.4, -0.2) is 35.1 Å². The predicted octanol–water partition coefficient (Wildman–Crippen LogP) is 6.09. The van der Waals surface area contributed by atoms with E-state index in [1.54, 1.807) is 0 Å². The van der Waals surface area contributed by atoms with Crippen LogP contribution in [0.3, 0.4) is 0 Å². The van der Waals surface area contributed by atoms with E-state index in [1.165, 1.54) is 33.9 Å². The molecule has 1 N–H and O–H groups in total. The van der Waals surface area contributed by atoms with Gasteiger partial charge in [0, 0.05) is 54.1 Å². The first-order valence-corrected chi connectivity index (χ1v) is 11.9. The number of nitrogens with zero attached hydrogens (tertiary/aromatic N) is 2. The van der Waals surface area contributed by atoms with Gasteiger partial charge in [-0.25, -0.2) is 0 Å². The first-order valence-electron chi connectivity index (χ1n) is 11.9. The lowest BCUT2D eigenvalue weighted by molar-refractivity contribution is -0.437. The zero-order chi connectivity index (χ0) is 22.9. The van der Waals surface area contributed by atoms with Crippen molar-refractivity contribution in [2.45, 2.75) is 58.3 Å². The van der Waals surface area contributed by atoms with Crippen molar-refractivity contribution in [1.82, 2.24) is 0 Å². The highest BCUT2D eigenvalue weighted by Crippen LogP contribution is 2.47. The second kappa shape index (κ2) is 8.71. The van der Waals surface area contributed by atoms with Crippen molar-refractivity contribution >= 4 is 17.1 Å². The van der Waals surface area contributed by atoms with Gasteiger partial charge in [-0.1, -0.05) is 63.2 Å². The molecule has 2 aliphatic rings. The van der Waals surface area contributed by atoms with Crippen LogP contribution in [0.1, 0.15) is 58.6 Å². The lowest BCUT2D eigenvalue weighted by atomic mass is 9.81. The maximum Gasteiger partial charge on any atom is 0.209 e. The SMILES string of the molecule is CCC[N+]1=C(/C=C/C=C2/N(CCCO)c3ccccc3C2(C)C)C(C)(C)c2ccccc21. The van der Waals surface area contributed by atoms with E-state index in [-0.39, 0.29) is 17.4 Å². The molecule has 3 heteroatoms. The van der Waals surface area contributed by atoms with Crippen LogP contribution in [-0.2, 0) is 10.8 Å². The summed E-state index contributed by atoms with van der Waals surface area (Å²) < 4.78 is 2.49. The molecule has 4 rings (SSSR count). The Morgan fingerprint density at radius 1 is 0.938 bits per heavy atom. The van der Waals surface area contributed by atoms with Gasteiger partial charge >= 0.3 is 0 Å². The van der Waals surface area contributed by atoms with Crippen LogP contribution in [0.4, 0.5) is 11.4 Å². The fourth-order valence-electron chi connectivity index (χ4n) is 5.45. The number of fused-ring (bicyclic) bond motifs is 2. The molecule has 2 aliphatic heterocycles. The highest BCUT2D eigenvalue weighted by molar-refractivity contribution is 6.03. The zero-order valence-corrected chi connectivity index (χ0v) is 20.2. The van der Waals surface area contributed by atoms with Crippen LogP contribution in [0, 0.1) is 0 Å². The van der Waals surface area contributed by atoms with Crippen molar-refractivity contribution in [3.63, 3.8) is 0 Å². The second-order valence-corrected chi connectivity index (χ2v) is 9.96. The molecule has 2 aromatic rings. The topological polar surface area (TPSA) is 26.5 Å². The van der Waals surface area contributed by atoms with Crippen molar-refractivity contribution in [1.29, 1.82) is 0 Å². The maximum atomic E-state index is 9.46. The van der Waals surface area contributed by atoms with Crippen LogP contribution in [0.5, 0.6) is 0 Å². The van der Waals surface area contributed by atoms with Gasteiger partial charge in [-0.3, -0.25) is 0 Å². The molecule has 0 bridgehead atoms. The third-order valence-corrected chi connectivity index (χ3v) is 7.09. The molecule has 0 aromatic heterocycles. The molecule has 2 heterocycles. The van der Waals surface area contributed by atoms with Gasteiger partial charge < -0.3 is 10.0 Å². The van der Waals surface area contributed by atoms with Crippen molar-refractivity contribution in [3.8, 4) is 0 Å². The zero-order valence-electron chi connectivity index (χ0n) is 20.2. The lowest BCUT2D eigenvalue weighted by Crippen LogP contribution is -2.28. The molecule has 0 aliphatic carbocycles. The number of aliphatic hydroxyl groups excluding tert-OH is 1. The summed E-state index contributed by atoms with van der Waals surface area (Å²) in [5.74, 6) is 0. The van der Waals surface area contributed by atoms with E-state index < -0.39 is 0 Å². The van der Waals surface area contributed by atoms with Gasteiger partial charge in [-0.15, -0.1) is 0 Å². The summed E-state index contributed by atoms with van der Waals surface area (Å²) in [4.78, 5) is 2.39. The smallest absolute Gasteiger partial charge is 0.209 e. The Morgan fingerprint density at radius 3 is 2.34 bits per heavy atom. The maximum absolute atomic E-state index is 9.46. The average Bonchev–Trinajstić information content (AvgIpc) is 3.13. The highest BCUT2D eigenvalue weighted by Gasteiger charge is 2.44. The Hall–Kier alpha value is -2.65. The number of anilines is 1. The number of hydrogen-bond acceptors (Lipinski definition) is 2. The van der Waals surface area contributed by atoms with Crippen molar-refractivity contribution in [2.24, 2.45) is 0 Å². The Bertz CT molecular complexity index is 1090. The Kier molecular flexibility index (Phi) is 6.13. The normalized spacial score (nSPS) is 19.8. The quantitative estimate of drug-likeness (QED) is 0.539. The highest BCUT2D eigenvalue weighted by atomic mass is 16.3. The van der Waals surface area contributed by atoms with Gasteiger partial charge in [0.05, 0.1) is 5.41 Å². The molecular weight excluding hydrogens is 392 g/mol. The summed E-state index contributed by atoms with van der Waals surface area (Å²) in [6.45, 7) is 13.6. The molecule has 0 spiro atoms. The second-order valence-electron chi connectivity index (χ2n) is 9.96. The number of aliphatic hydroxyl groups is 1. The molecule has 0 radical (unpaired) electrons. The molecule has 0 saturated carbocycles. The van der Waals surface area contributed by atoms with Crippen LogP contribution in [0.25, 0.3) is 0 Å². The van der Waals surface area contributed by atoms with E-state index in [0.29, 0.717) is 0 Å². The number of allylic oxidation sites excluding steroid dienone is 4. The largest absolute Gasteiger partial charge is 0.396 e. The Labute approximate surface area is 193 Å². The van der Waals surface area contributed by atoms with E-state index in [9.17, 15) is 5.11 Å². The number of para-hydroxylation sites is 2. The van der Waals surface area contributed by atoms with Crippen LogP contribution in [0.2, 0.25) is 0 Å². The molecule has 32 heavy (non-hydrogen) atoms. The summed E-state index contributed by atoms with van der Waals surface area (Å²) in [6.07, 6.45) is 8.70. The minimum absolute atomic E-state index is 0.0223. The summed E-state index contributed by atoms with van der Waals surface area (Å²) in [5.41, 5.74) is 7.91. The molecule has 0 fully saturated rings. The third kappa shape index (κ3) is 3.63. The monoisotopic (exact) mass is 429 g/mol.